The van der Waals surface area contributed by atoms with Crippen LogP contribution >= 0.6 is 11.6 Å². The number of hydrogen-bond donors (Lipinski definition) is 1. The number of rotatable bonds is 2. The molecular formula is C16H20ClF3N4O2. The lowest BCUT2D eigenvalue weighted by molar-refractivity contribution is -0.137. The van der Waals surface area contributed by atoms with Gasteiger partial charge in [0.15, 0.2) is 0 Å². The second-order valence-corrected chi connectivity index (χ2v) is 8.34. The normalized spacial score (nSPS) is 19.7. The smallest absolute Gasteiger partial charge is 0.420 e. The first-order valence-electron chi connectivity index (χ1n) is 8.21. The Morgan fingerprint density at radius 2 is 1.96 bits per heavy atom. The fourth-order valence-electron chi connectivity index (χ4n) is 3.37. The Labute approximate surface area is 154 Å². The molecule has 144 valence electrons. The van der Waals surface area contributed by atoms with Crippen molar-refractivity contribution in [1.82, 2.24) is 14.9 Å². The van der Waals surface area contributed by atoms with Gasteiger partial charge in [-0.2, -0.15) is 13.2 Å². The molecule has 10 heteroatoms. The van der Waals surface area contributed by atoms with Crippen molar-refractivity contribution in [2.45, 2.75) is 51.4 Å². The first-order valence-corrected chi connectivity index (χ1v) is 8.59. The van der Waals surface area contributed by atoms with E-state index in [9.17, 15) is 18.0 Å². The third-order valence-electron chi connectivity index (χ3n) is 4.44. The van der Waals surface area contributed by atoms with Gasteiger partial charge >= 0.3 is 12.3 Å². The van der Waals surface area contributed by atoms with Gasteiger partial charge < -0.3 is 15.0 Å². The lowest BCUT2D eigenvalue weighted by Gasteiger charge is -2.58. The van der Waals surface area contributed by atoms with E-state index < -0.39 is 22.5 Å². The molecule has 1 amide bonds. The fourth-order valence-corrected chi connectivity index (χ4v) is 3.60. The Hall–Kier alpha value is -1.77. The number of nitrogens with one attached hydrogen (secondary N) is 1. The highest BCUT2D eigenvalue weighted by molar-refractivity contribution is 6.30. The van der Waals surface area contributed by atoms with Crippen LogP contribution in [0.3, 0.4) is 0 Å². The van der Waals surface area contributed by atoms with Crippen molar-refractivity contribution in [2.75, 3.05) is 18.4 Å². The van der Waals surface area contributed by atoms with Crippen molar-refractivity contribution in [3.63, 3.8) is 0 Å². The number of nitrogens with zero attached hydrogens (tertiary/aromatic N) is 3. The summed E-state index contributed by atoms with van der Waals surface area (Å²) in [5.74, 6) is 0.0752. The summed E-state index contributed by atoms with van der Waals surface area (Å²) < 4.78 is 43.3. The minimum Gasteiger partial charge on any atom is -0.444 e. The molecule has 1 aliphatic heterocycles. The predicted molar refractivity (Wildman–Crippen MR) is 88.9 cm³/mol. The van der Waals surface area contributed by atoms with Gasteiger partial charge in [-0.25, -0.2) is 14.8 Å². The third kappa shape index (κ3) is 3.97. The van der Waals surface area contributed by atoms with Crippen LogP contribution in [-0.2, 0) is 10.9 Å². The molecule has 2 fully saturated rings. The fraction of sp³-hybridized carbons (Fsp3) is 0.688. The molecule has 3 rings (SSSR count). The first kappa shape index (κ1) is 19.0. The minimum atomic E-state index is -4.58. The Morgan fingerprint density at radius 3 is 2.46 bits per heavy atom. The van der Waals surface area contributed by atoms with E-state index in [0.29, 0.717) is 19.3 Å². The molecule has 0 aromatic carbocycles. The van der Waals surface area contributed by atoms with Gasteiger partial charge in [0.1, 0.15) is 16.3 Å². The van der Waals surface area contributed by atoms with Crippen molar-refractivity contribution in [1.29, 1.82) is 0 Å². The van der Waals surface area contributed by atoms with Crippen molar-refractivity contribution >= 4 is 23.6 Å². The molecule has 2 heterocycles. The predicted octanol–water partition coefficient (Wildman–Crippen LogP) is 3.96. The van der Waals surface area contributed by atoms with Crippen molar-refractivity contribution in [3.05, 3.63) is 16.9 Å². The molecule has 6 nitrogen and oxygen atoms in total. The Balaban J connectivity index is 1.48. The van der Waals surface area contributed by atoms with E-state index in [0.717, 1.165) is 12.8 Å². The maximum absolute atomic E-state index is 12.7. The zero-order valence-electron chi connectivity index (χ0n) is 14.7. The van der Waals surface area contributed by atoms with E-state index in [4.69, 9.17) is 16.3 Å². The zero-order chi connectivity index (χ0) is 19.3. The summed E-state index contributed by atoms with van der Waals surface area (Å²) in [6.07, 6.45) is -2.65. The van der Waals surface area contributed by atoms with Crippen LogP contribution in [0.25, 0.3) is 0 Å². The van der Waals surface area contributed by atoms with E-state index in [-0.39, 0.29) is 23.5 Å². The number of ether oxygens (including phenoxy) is 1. The van der Waals surface area contributed by atoms with Crippen LogP contribution in [0.4, 0.5) is 23.9 Å². The van der Waals surface area contributed by atoms with E-state index >= 15 is 0 Å². The summed E-state index contributed by atoms with van der Waals surface area (Å²) in [7, 11) is 0. The Bertz CT molecular complexity index is 706. The first-order chi connectivity index (χ1) is 11.9. The van der Waals surface area contributed by atoms with E-state index in [1.54, 1.807) is 4.90 Å². The number of alkyl halides is 3. The summed E-state index contributed by atoms with van der Waals surface area (Å²) in [6, 6.07) is 0.0450. The monoisotopic (exact) mass is 392 g/mol. The lowest BCUT2D eigenvalue weighted by Crippen LogP contribution is -2.66. The van der Waals surface area contributed by atoms with Gasteiger partial charge in [0, 0.05) is 30.7 Å². The van der Waals surface area contributed by atoms with Gasteiger partial charge in [-0.05, 0) is 33.6 Å². The Kier molecular flexibility index (Phi) is 4.49. The van der Waals surface area contributed by atoms with Crippen LogP contribution in [-0.4, -0.2) is 45.7 Å². The van der Waals surface area contributed by atoms with Crippen LogP contribution in [0.5, 0.6) is 0 Å². The topological polar surface area (TPSA) is 67.3 Å². The Morgan fingerprint density at radius 1 is 1.35 bits per heavy atom. The van der Waals surface area contributed by atoms with E-state index in [1.807, 2.05) is 20.8 Å². The quantitative estimate of drug-likeness (QED) is 0.771. The van der Waals surface area contributed by atoms with Gasteiger partial charge in [0.2, 0.25) is 5.95 Å². The highest BCUT2D eigenvalue weighted by Gasteiger charge is 2.54. The molecule has 2 aliphatic rings. The molecule has 1 spiro atoms. The van der Waals surface area contributed by atoms with Gasteiger partial charge in [-0.1, -0.05) is 11.6 Å². The molecule has 0 bridgehead atoms. The SMILES string of the molecule is CC(C)(C)OC(=O)N1CC2(CC(Nc3ncc(C(F)(F)F)c(Cl)n3)C2)C1. The summed E-state index contributed by atoms with van der Waals surface area (Å²) in [6.45, 7) is 6.69. The summed E-state index contributed by atoms with van der Waals surface area (Å²) in [5.41, 5.74) is -1.53. The molecule has 1 saturated carbocycles. The van der Waals surface area contributed by atoms with Crippen molar-refractivity contribution in [2.24, 2.45) is 5.41 Å². The molecule has 0 radical (unpaired) electrons. The summed E-state index contributed by atoms with van der Waals surface area (Å²) >= 11 is 5.59. The molecule has 1 N–H and O–H groups in total. The number of aromatic nitrogens is 2. The third-order valence-corrected chi connectivity index (χ3v) is 4.73. The number of carbonyl (C=O) groups is 1. The maximum Gasteiger partial charge on any atom is 0.420 e. The lowest BCUT2D eigenvalue weighted by atomic mass is 9.61. The second-order valence-electron chi connectivity index (χ2n) is 7.98. The number of halogens is 4. The second kappa shape index (κ2) is 6.14. The molecule has 1 saturated heterocycles. The van der Waals surface area contributed by atoms with Crippen molar-refractivity contribution < 1.29 is 22.7 Å². The van der Waals surface area contributed by atoms with Gasteiger partial charge in [-0.15, -0.1) is 0 Å². The molecule has 0 atom stereocenters. The zero-order valence-corrected chi connectivity index (χ0v) is 15.4. The van der Waals surface area contributed by atoms with Gasteiger partial charge in [-0.3, -0.25) is 0 Å². The number of anilines is 1. The standard InChI is InChI=1S/C16H20ClF3N4O2/c1-14(2,3)26-13(25)24-7-15(8-24)4-9(5-15)22-12-21-6-10(11(17)23-12)16(18,19)20/h6,9H,4-5,7-8H2,1-3H3,(H,21,22,23). The highest BCUT2D eigenvalue weighted by Crippen LogP contribution is 2.49. The molecule has 26 heavy (non-hydrogen) atoms. The molecule has 1 aliphatic carbocycles. The number of likely N-dealkylation sites (tertiary alicyclic amines) is 1. The molecule has 1 aromatic heterocycles. The van der Waals surface area contributed by atoms with Crippen LogP contribution in [0.15, 0.2) is 6.20 Å². The molecular weight excluding hydrogens is 373 g/mol. The van der Waals surface area contributed by atoms with Gasteiger partial charge in [0.25, 0.3) is 0 Å². The molecule has 1 aromatic rings. The highest BCUT2D eigenvalue weighted by atomic mass is 35.5. The van der Waals surface area contributed by atoms with Crippen LogP contribution in [0.1, 0.15) is 39.2 Å². The van der Waals surface area contributed by atoms with Gasteiger partial charge in [0.05, 0.1) is 0 Å². The largest absolute Gasteiger partial charge is 0.444 e. The minimum absolute atomic E-state index is 0.0450. The summed E-state index contributed by atoms with van der Waals surface area (Å²) in [5, 5.41) is 2.37. The van der Waals surface area contributed by atoms with Crippen LogP contribution < -0.4 is 5.32 Å². The molecule has 0 unspecified atom stereocenters. The van der Waals surface area contributed by atoms with Crippen LogP contribution in [0, 0.1) is 5.41 Å². The number of amides is 1. The average Bonchev–Trinajstić information content (AvgIpc) is 2.36. The van der Waals surface area contributed by atoms with Crippen molar-refractivity contribution in [3.8, 4) is 0 Å². The number of hydrogen-bond acceptors (Lipinski definition) is 5. The van der Waals surface area contributed by atoms with E-state index in [2.05, 4.69) is 15.3 Å². The van der Waals surface area contributed by atoms with Crippen LogP contribution in [0.2, 0.25) is 5.15 Å². The van der Waals surface area contributed by atoms with E-state index in [1.165, 1.54) is 0 Å². The summed E-state index contributed by atoms with van der Waals surface area (Å²) in [4.78, 5) is 21.0. The maximum atomic E-state index is 12.7. The average molecular weight is 393 g/mol. The number of carbonyl (C=O) groups excluding carboxylic acids is 1.